The molecule has 0 unspecified atom stereocenters. The molecule has 1 N–H and O–H groups in total. The second-order valence-electron chi connectivity index (χ2n) is 3.27. The zero-order valence-corrected chi connectivity index (χ0v) is 10.9. The van der Waals surface area contributed by atoms with Crippen LogP contribution < -0.4 is 5.32 Å². The monoisotopic (exact) mass is 323 g/mol. The predicted octanol–water partition coefficient (Wildman–Crippen LogP) is 3.54. The number of hydrogen-bond acceptors (Lipinski definition) is 1. The molecule has 0 spiro atoms. The molecule has 0 saturated carbocycles. The van der Waals surface area contributed by atoms with E-state index in [9.17, 15) is 4.79 Å². The van der Waals surface area contributed by atoms with E-state index in [1.54, 1.807) is 6.07 Å². The van der Waals surface area contributed by atoms with Crippen molar-refractivity contribution >= 4 is 45.8 Å². The summed E-state index contributed by atoms with van der Waals surface area (Å²) in [5.74, 6) is -0.0182. The van der Waals surface area contributed by atoms with Crippen LogP contribution in [-0.2, 0) is 4.79 Å². The van der Waals surface area contributed by atoms with Crippen molar-refractivity contribution in [2.75, 3.05) is 5.32 Å². The van der Waals surface area contributed by atoms with Gasteiger partial charge in [0.15, 0.2) is 0 Å². The van der Waals surface area contributed by atoms with Crippen LogP contribution in [0.5, 0.6) is 0 Å². The number of hydrogen-bond donors (Lipinski definition) is 1. The highest BCUT2D eigenvalue weighted by atomic mass is 127. The first-order valence-corrected chi connectivity index (χ1v) is 5.72. The van der Waals surface area contributed by atoms with Gasteiger partial charge in [0.05, 0.1) is 5.02 Å². The van der Waals surface area contributed by atoms with Crippen molar-refractivity contribution in [3.05, 3.63) is 26.8 Å². The Balaban J connectivity index is 2.78. The van der Waals surface area contributed by atoms with Gasteiger partial charge in [0.2, 0.25) is 5.91 Å². The van der Waals surface area contributed by atoms with Crippen molar-refractivity contribution in [2.45, 2.75) is 13.8 Å². The average molecular weight is 324 g/mol. The van der Waals surface area contributed by atoms with Crippen LogP contribution in [-0.4, -0.2) is 5.91 Å². The number of rotatable bonds is 2. The van der Waals surface area contributed by atoms with E-state index < -0.39 is 0 Å². The molecule has 0 aliphatic rings. The van der Waals surface area contributed by atoms with Crippen LogP contribution in [0.3, 0.4) is 0 Å². The summed E-state index contributed by atoms with van der Waals surface area (Å²) in [6, 6.07) is 5.47. The molecule has 2 nitrogen and oxygen atoms in total. The molecule has 1 aromatic carbocycles. The number of carbonyl (C=O) groups is 1. The lowest BCUT2D eigenvalue weighted by atomic mass is 10.2. The number of nitrogens with one attached hydrogen (secondary N) is 1. The summed E-state index contributed by atoms with van der Waals surface area (Å²) in [5.41, 5.74) is 0.745. The molecule has 0 fully saturated rings. The molecule has 4 heteroatoms. The summed E-state index contributed by atoms with van der Waals surface area (Å²) in [4.78, 5) is 11.4. The third-order valence-electron chi connectivity index (χ3n) is 1.71. The molecule has 0 heterocycles. The Bertz CT molecular complexity index is 352. The first-order chi connectivity index (χ1) is 6.50. The summed E-state index contributed by atoms with van der Waals surface area (Å²) in [6.07, 6.45) is 0. The molecule has 14 heavy (non-hydrogen) atoms. The lowest BCUT2D eigenvalue weighted by molar-refractivity contribution is -0.118. The first-order valence-electron chi connectivity index (χ1n) is 4.26. The summed E-state index contributed by atoms with van der Waals surface area (Å²) in [6.45, 7) is 3.70. The smallest absolute Gasteiger partial charge is 0.226 e. The average Bonchev–Trinajstić information content (AvgIpc) is 2.11. The SMILES string of the molecule is CC(C)C(=O)Nc1ccc(I)c(Cl)c1. The molecular formula is C10H11ClINO. The van der Waals surface area contributed by atoms with Gasteiger partial charge in [0.1, 0.15) is 0 Å². The molecule has 0 atom stereocenters. The Morgan fingerprint density at radius 1 is 1.50 bits per heavy atom. The Morgan fingerprint density at radius 3 is 2.64 bits per heavy atom. The summed E-state index contributed by atoms with van der Waals surface area (Å²) in [7, 11) is 0. The van der Waals surface area contributed by atoms with Gasteiger partial charge in [-0.1, -0.05) is 25.4 Å². The van der Waals surface area contributed by atoms with E-state index in [0.717, 1.165) is 9.26 Å². The van der Waals surface area contributed by atoms with Crippen LogP contribution in [0.2, 0.25) is 5.02 Å². The van der Waals surface area contributed by atoms with Gasteiger partial charge < -0.3 is 5.32 Å². The van der Waals surface area contributed by atoms with Crippen LogP contribution in [0.4, 0.5) is 5.69 Å². The number of amides is 1. The van der Waals surface area contributed by atoms with E-state index in [1.807, 2.05) is 26.0 Å². The molecule has 0 aliphatic heterocycles. The van der Waals surface area contributed by atoms with Gasteiger partial charge in [-0.2, -0.15) is 0 Å². The summed E-state index contributed by atoms with van der Waals surface area (Å²) in [5, 5.41) is 3.44. The molecule has 0 bridgehead atoms. The third kappa shape index (κ3) is 3.13. The Labute approximate surface area is 102 Å². The topological polar surface area (TPSA) is 29.1 Å². The number of halogens is 2. The van der Waals surface area contributed by atoms with Crippen molar-refractivity contribution in [1.82, 2.24) is 0 Å². The maximum Gasteiger partial charge on any atom is 0.226 e. The summed E-state index contributed by atoms with van der Waals surface area (Å²) >= 11 is 8.06. The molecule has 0 radical (unpaired) electrons. The molecule has 0 aliphatic carbocycles. The highest BCUT2D eigenvalue weighted by Gasteiger charge is 2.07. The molecule has 1 rings (SSSR count). The van der Waals surface area contributed by atoms with Crippen molar-refractivity contribution in [3.63, 3.8) is 0 Å². The molecule has 1 amide bonds. The fourth-order valence-corrected chi connectivity index (χ4v) is 1.38. The highest BCUT2D eigenvalue weighted by molar-refractivity contribution is 14.1. The molecular weight excluding hydrogens is 312 g/mol. The molecule has 76 valence electrons. The van der Waals surface area contributed by atoms with Crippen LogP contribution in [0.1, 0.15) is 13.8 Å². The van der Waals surface area contributed by atoms with Gasteiger partial charge in [-0.25, -0.2) is 0 Å². The summed E-state index contributed by atoms with van der Waals surface area (Å²) < 4.78 is 0.979. The predicted molar refractivity (Wildman–Crippen MR) is 67.6 cm³/mol. The van der Waals surface area contributed by atoms with Gasteiger partial charge in [-0.15, -0.1) is 0 Å². The van der Waals surface area contributed by atoms with E-state index in [-0.39, 0.29) is 11.8 Å². The second-order valence-corrected chi connectivity index (χ2v) is 4.84. The fourth-order valence-electron chi connectivity index (χ4n) is 0.860. The van der Waals surface area contributed by atoms with Gasteiger partial charge in [0.25, 0.3) is 0 Å². The standard InChI is InChI=1S/C10H11ClINO/c1-6(2)10(14)13-7-3-4-9(12)8(11)5-7/h3-6H,1-2H3,(H,13,14). The number of carbonyl (C=O) groups excluding carboxylic acids is 1. The maximum atomic E-state index is 11.4. The normalized spacial score (nSPS) is 10.4. The van der Waals surface area contributed by atoms with E-state index in [4.69, 9.17) is 11.6 Å². The molecule has 0 saturated heterocycles. The van der Waals surface area contributed by atoms with Gasteiger partial charge in [0, 0.05) is 15.2 Å². The fraction of sp³-hybridized carbons (Fsp3) is 0.300. The van der Waals surface area contributed by atoms with E-state index in [2.05, 4.69) is 27.9 Å². The van der Waals surface area contributed by atoms with Crippen molar-refractivity contribution < 1.29 is 4.79 Å². The van der Waals surface area contributed by atoms with Crippen LogP contribution >= 0.6 is 34.2 Å². The van der Waals surface area contributed by atoms with Crippen molar-refractivity contribution in [3.8, 4) is 0 Å². The van der Waals surface area contributed by atoms with Gasteiger partial charge >= 0.3 is 0 Å². The van der Waals surface area contributed by atoms with Gasteiger partial charge in [-0.3, -0.25) is 4.79 Å². The largest absolute Gasteiger partial charge is 0.326 e. The lowest BCUT2D eigenvalue weighted by Crippen LogP contribution is -2.17. The molecule has 0 aromatic heterocycles. The lowest BCUT2D eigenvalue weighted by Gasteiger charge is -2.08. The van der Waals surface area contributed by atoms with Crippen LogP contribution in [0.15, 0.2) is 18.2 Å². The minimum absolute atomic E-state index is 0.00211. The minimum Gasteiger partial charge on any atom is -0.326 e. The van der Waals surface area contributed by atoms with Crippen LogP contribution in [0.25, 0.3) is 0 Å². The van der Waals surface area contributed by atoms with E-state index >= 15 is 0 Å². The Kier molecular flexibility index (Phi) is 4.19. The zero-order valence-electron chi connectivity index (χ0n) is 7.97. The number of anilines is 1. The quantitative estimate of drug-likeness (QED) is 0.829. The Hall–Kier alpha value is -0.290. The second kappa shape index (κ2) is 4.98. The maximum absolute atomic E-state index is 11.4. The van der Waals surface area contributed by atoms with E-state index in [0.29, 0.717) is 5.02 Å². The van der Waals surface area contributed by atoms with Gasteiger partial charge in [-0.05, 0) is 40.8 Å². The minimum atomic E-state index is -0.0203. The third-order valence-corrected chi connectivity index (χ3v) is 3.28. The first kappa shape index (κ1) is 11.8. The van der Waals surface area contributed by atoms with Crippen LogP contribution in [0, 0.1) is 9.49 Å². The molecule has 1 aromatic rings. The van der Waals surface area contributed by atoms with Crippen molar-refractivity contribution in [1.29, 1.82) is 0 Å². The highest BCUT2D eigenvalue weighted by Crippen LogP contribution is 2.22. The zero-order chi connectivity index (χ0) is 10.7. The number of benzene rings is 1. The Morgan fingerprint density at radius 2 is 2.14 bits per heavy atom. The van der Waals surface area contributed by atoms with Crippen molar-refractivity contribution in [2.24, 2.45) is 5.92 Å². The van der Waals surface area contributed by atoms with E-state index in [1.165, 1.54) is 0 Å².